The average molecular weight is 488 g/mol. The van der Waals surface area contributed by atoms with Gasteiger partial charge in [-0.1, -0.05) is 0 Å². The van der Waals surface area contributed by atoms with Crippen molar-refractivity contribution >= 4 is 32.1 Å². The first-order valence-corrected chi connectivity index (χ1v) is 17.3. The normalized spacial score (nSPS) is 15.8. The number of alkyl carbamates (subject to hydrolysis) is 1. The molecular weight excluding hydrogens is 441 g/mol. The number of halogens is 1. The van der Waals surface area contributed by atoms with Crippen molar-refractivity contribution in [2.75, 3.05) is 38.3 Å². The fourth-order valence-electron chi connectivity index (χ4n) is 3.51. The van der Waals surface area contributed by atoms with Crippen LogP contribution in [0.4, 0.5) is 4.79 Å². The predicted octanol–water partition coefficient (Wildman–Crippen LogP) is 6.36. The van der Waals surface area contributed by atoms with E-state index in [1.54, 1.807) is 0 Å². The van der Waals surface area contributed by atoms with E-state index < -0.39 is 20.9 Å². The molecule has 1 N–H and O–H groups in total. The predicted molar refractivity (Wildman–Crippen MR) is 132 cm³/mol. The second-order valence-corrected chi connectivity index (χ2v) is 19.4. The van der Waals surface area contributed by atoms with Crippen LogP contribution in [0.5, 0.6) is 0 Å². The third kappa shape index (κ3) is 7.90. The van der Waals surface area contributed by atoms with Crippen molar-refractivity contribution in [1.82, 2.24) is 5.32 Å². The average Bonchev–Trinajstić information content (AvgIpc) is 2.77. The Labute approximate surface area is 191 Å². The SMILES string of the molecule is CCCO[Si](OCCC)(OCCC)C(CC)NC(=O)OC(C)P(Cl)(CC)(CC)CC. The van der Waals surface area contributed by atoms with E-state index in [9.17, 15) is 4.79 Å². The topological polar surface area (TPSA) is 66.0 Å². The van der Waals surface area contributed by atoms with E-state index in [0.29, 0.717) is 26.2 Å². The van der Waals surface area contributed by atoms with Crippen LogP contribution in [-0.2, 0) is 18.0 Å². The van der Waals surface area contributed by atoms with Crippen molar-refractivity contribution in [3.63, 3.8) is 0 Å². The van der Waals surface area contributed by atoms with Crippen LogP contribution >= 0.6 is 17.2 Å². The molecular formula is C21H47ClNO5PSi. The van der Waals surface area contributed by atoms with Crippen molar-refractivity contribution < 1.29 is 22.8 Å². The molecule has 0 saturated heterocycles. The zero-order valence-corrected chi connectivity index (χ0v) is 23.2. The molecule has 0 aromatic carbocycles. The fraction of sp³-hybridized carbons (Fsp3) is 0.952. The third-order valence-corrected chi connectivity index (χ3v) is 18.7. The van der Waals surface area contributed by atoms with Crippen LogP contribution in [0.3, 0.4) is 0 Å². The summed E-state index contributed by atoms with van der Waals surface area (Å²) in [4.78, 5) is 12.9. The van der Waals surface area contributed by atoms with Crippen molar-refractivity contribution in [2.45, 2.75) is 92.6 Å². The Balaban J connectivity index is 5.59. The Morgan fingerprint density at radius 3 is 1.57 bits per heavy atom. The van der Waals surface area contributed by atoms with Gasteiger partial charge in [0, 0.05) is 0 Å². The monoisotopic (exact) mass is 487 g/mol. The molecule has 0 bridgehead atoms. The van der Waals surface area contributed by atoms with E-state index in [0.717, 1.165) is 37.7 Å². The molecule has 0 saturated carbocycles. The van der Waals surface area contributed by atoms with Gasteiger partial charge in [0.25, 0.3) is 0 Å². The number of carbonyl (C=O) groups excluding carboxylic acids is 1. The van der Waals surface area contributed by atoms with E-state index in [1.807, 2.05) is 34.6 Å². The zero-order chi connectivity index (χ0) is 23.3. The number of nitrogens with one attached hydrogen (secondary N) is 1. The van der Waals surface area contributed by atoms with Crippen LogP contribution < -0.4 is 5.32 Å². The van der Waals surface area contributed by atoms with Gasteiger partial charge >= 0.3 is 191 Å². The quantitative estimate of drug-likeness (QED) is 0.191. The summed E-state index contributed by atoms with van der Waals surface area (Å²) in [6.45, 7) is 18.0. The second-order valence-electron chi connectivity index (χ2n) is 7.88. The summed E-state index contributed by atoms with van der Waals surface area (Å²) < 4.78 is 24.5. The van der Waals surface area contributed by atoms with Gasteiger partial charge in [-0.15, -0.1) is 0 Å². The minimum absolute atomic E-state index is 0.323. The summed E-state index contributed by atoms with van der Waals surface area (Å²) in [6, 6.07) is 0. The van der Waals surface area contributed by atoms with Gasteiger partial charge in [-0.05, 0) is 0 Å². The van der Waals surface area contributed by atoms with Gasteiger partial charge in [0.05, 0.1) is 0 Å². The van der Waals surface area contributed by atoms with Crippen LogP contribution in [0.25, 0.3) is 0 Å². The number of hydrogen-bond acceptors (Lipinski definition) is 5. The first kappa shape index (κ1) is 30.1. The van der Waals surface area contributed by atoms with Gasteiger partial charge in [0.15, 0.2) is 0 Å². The molecule has 0 radical (unpaired) electrons. The van der Waals surface area contributed by atoms with E-state index in [2.05, 4.69) is 26.1 Å². The molecule has 2 atom stereocenters. The molecule has 0 fully saturated rings. The molecule has 1 amide bonds. The van der Waals surface area contributed by atoms with Crippen molar-refractivity contribution in [2.24, 2.45) is 0 Å². The first-order chi connectivity index (χ1) is 14.1. The Hall–Kier alpha value is 0.0869. The first-order valence-electron chi connectivity index (χ1n) is 11.8. The van der Waals surface area contributed by atoms with Crippen LogP contribution in [-0.4, -0.2) is 64.7 Å². The van der Waals surface area contributed by atoms with Crippen molar-refractivity contribution in [3.8, 4) is 0 Å². The van der Waals surface area contributed by atoms with Gasteiger partial charge in [0.1, 0.15) is 0 Å². The summed E-state index contributed by atoms with van der Waals surface area (Å²) in [5.74, 6) is -2.96. The van der Waals surface area contributed by atoms with Crippen LogP contribution in [0.2, 0.25) is 0 Å². The summed E-state index contributed by atoms with van der Waals surface area (Å²) >= 11 is 7.17. The Morgan fingerprint density at radius 2 is 1.27 bits per heavy atom. The summed E-state index contributed by atoms with van der Waals surface area (Å²) in [5.41, 5.74) is -0.368. The van der Waals surface area contributed by atoms with Gasteiger partial charge in [0.2, 0.25) is 0 Å². The standard InChI is InChI=1S/C21H47ClNO5PSi/c1-9-16-25-30(26-17-10-2,27-18-11-3)20(12-4)23-21(24)28-19(8)29(22,13-5,14-6)15-7/h19-20H,9-18H2,1-8H3,(H,23,24). The van der Waals surface area contributed by atoms with Crippen LogP contribution in [0.15, 0.2) is 0 Å². The van der Waals surface area contributed by atoms with Gasteiger partial charge in [-0.2, -0.15) is 0 Å². The van der Waals surface area contributed by atoms with Crippen molar-refractivity contribution in [1.29, 1.82) is 0 Å². The number of amides is 1. The van der Waals surface area contributed by atoms with Gasteiger partial charge in [-0.25, -0.2) is 0 Å². The molecule has 0 aliphatic carbocycles. The van der Waals surface area contributed by atoms with E-state index >= 15 is 0 Å². The van der Waals surface area contributed by atoms with Crippen molar-refractivity contribution in [3.05, 3.63) is 0 Å². The van der Waals surface area contributed by atoms with E-state index in [1.165, 1.54) is 0 Å². The molecule has 0 aliphatic heterocycles. The summed E-state index contributed by atoms with van der Waals surface area (Å²) in [6.07, 6.45) is 5.21. The molecule has 9 heteroatoms. The molecule has 30 heavy (non-hydrogen) atoms. The number of ether oxygens (including phenoxy) is 1. The minimum atomic E-state index is -3.13. The third-order valence-electron chi connectivity index (χ3n) is 6.08. The molecule has 0 heterocycles. The van der Waals surface area contributed by atoms with Crippen LogP contribution in [0.1, 0.15) is 81.1 Å². The maximum absolute atomic E-state index is 12.9. The van der Waals surface area contributed by atoms with E-state index in [4.69, 9.17) is 29.3 Å². The van der Waals surface area contributed by atoms with E-state index in [-0.39, 0.29) is 11.5 Å². The molecule has 2 unspecified atom stereocenters. The Morgan fingerprint density at radius 1 is 0.867 bits per heavy atom. The molecule has 182 valence electrons. The van der Waals surface area contributed by atoms with Crippen LogP contribution in [0, 0.1) is 0 Å². The molecule has 0 aliphatic rings. The fourth-order valence-corrected chi connectivity index (χ4v) is 9.98. The summed E-state index contributed by atoms with van der Waals surface area (Å²) in [7, 11) is -3.13. The van der Waals surface area contributed by atoms with Gasteiger partial charge in [-0.3, -0.25) is 0 Å². The number of hydrogen-bond donors (Lipinski definition) is 1. The van der Waals surface area contributed by atoms with Gasteiger partial charge < -0.3 is 0 Å². The molecule has 0 aromatic heterocycles. The molecule has 0 rings (SSSR count). The number of carbonyl (C=O) groups is 1. The molecule has 6 nitrogen and oxygen atoms in total. The maximum atomic E-state index is 12.9. The Bertz CT molecular complexity index is 463. The zero-order valence-electron chi connectivity index (χ0n) is 20.6. The molecule has 0 spiro atoms. The second kappa shape index (κ2) is 14.3. The molecule has 0 aromatic rings. The number of rotatable bonds is 17. The summed E-state index contributed by atoms with van der Waals surface area (Å²) in [5, 5.41) is 3.01. The Kier molecular flexibility index (Phi) is 14.3.